The second-order valence-corrected chi connectivity index (χ2v) is 14.8. The Bertz CT molecular complexity index is 924. The Hall–Kier alpha value is -1.35. The van der Waals surface area contributed by atoms with Crippen molar-refractivity contribution in [2.45, 2.75) is 109 Å². The van der Waals surface area contributed by atoms with Crippen molar-refractivity contribution in [3.05, 3.63) is 91.0 Å². The molecule has 0 bridgehead atoms. The smallest absolute Gasteiger partial charge is 0.386 e. The minimum atomic E-state index is -0.592. The lowest BCUT2D eigenvalue weighted by molar-refractivity contribution is 0.0889. The van der Waals surface area contributed by atoms with Crippen LogP contribution in [0.3, 0.4) is 0 Å². The van der Waals surface area contributed by atoms with Crippen LogP contribution >= 0.6 is 35.3 Å². The van der Waals surface area contributed by atoms with Crippen molar-refractivity contribution < 1.29 is 14.0 Å². The number of thioether (sulfide) groups is 3. The summed E-state index contributed by atoms with van der Waals surface area (Å²) in [6.45, 7) is 8.78. The molecule has 0 heterocycles. The summed E-state index contributed by atoms with van der Waals surface area (Å²) >= 11 is 5.91. The minimum absolute atomic E-state index is 0.590. The third-order valence-electron chi connectivity index (χ3n) is 7.28. The molecule has 234 valence electrons. The Labute approximate surface area is 275 Å². The van der Waals surface area contributed by atoms with Crippen LogP contribution < -0.4 is 0 Å². The fourth-order valence-electron chi connectivity index (χ4n) is 4.73. The first-order valence-electron chi connectivity index (χ1n) is 16.2. The quantitative estimate of drug-likeness (QED) is 0.0551. The summed E-state index contributed by atoms with van der Waals surface area (Å²) < 4.78 is 18.5. The van der Waals surface area contributed by atoms with E-state index in [0.29, 0.717) is 35.6 Å². The van der Waals surface area contributed by atoms with Crippen LogP contribution in [0.25, 0.3) is 0 Å². The van der Waals surface area contributed by atoms with Crippen molar-refractivity contribution in [2.24, 2.45) is 0 Å². The predicted octanol–water partition coefficient (Wildman–Crippen LogP) is 11.1. The van der Waals surface area contributed by atoms with Crippen LogP contribution in [0.2, 0.25) is 0 Å². The van der Waals surface area contributed by atoms with E-state index < -0.39 is 7.32 Å². The number of benzene rings is 3. The number of rotatable bonds is 24. The van der Waals surface area contributed by atoms with E-state index in [-0.39, 0.29) is 0 Å². The van der Waals surface area contributed by atoms with Gasteiger partial charge >= 0.3 is 7.32 Å². The summed E-state index contributed by atoms with van der Waals surface area (Å²) in [6, 6.07) is 32.1. The van der Waals surface area contributed by atoms with Crippen LogP contribution in [0.5, 0.6) is 0 Å². The Balaban J connectivity index is 1.41. The topological polar surface area (TPSA) is 27.7 Å². The van der Waals surface area contributed by atoms with Gasteiger partial charge in [0.2, 0.25) is 0 Å². The third-order valence-corrected chi connectivity index (χ3v) is 11.6. The molecule has 0 saturated heterocycles. The van der Waals surface area contributed by atoms with Gasteiger partial charge in [0.1, 0.15) is 0 Å². The Morgan fingerprint density at radius 3 is 1.00 bits per heavy atom. The molecular formula is C36H51BO3S3. The van der Waals surface area contributed by atoms with Gasteiger partial charge in [-0.25, -0.2) is 0 Å². The van der Waals surface area contributed by atoms with E-state index in [0.717, 1.165) is 57.8 Å². The van der Waals surface area contributed by atoms with Crippen LogP contribution in [-0.4, -0.2) is 42.9 Å². The molecule has 3 rings (SSSR count). The summed E-state index contributed by atoms with van der Waals surface area (Å²) in [4.78, 5) is 4.02. The largest absolute Gasteiger partial charge is 0.639 e. The predicted molar refractivity (Wildman–Crippen MR) is 190 cm³/mol. The molecule has 0 aromatic heterocycles. The van der Waals surface area contributed by atoms with E-state index in [9.17, 15) is 0 Å². The number of hydrogen-bond donors (Lipinski definition) is 0. The lowest BCUT2D eigenvalue weighted by Gasteiger charge is -2.19. The highest BCUT2D eigenvalue weighted by molar-refractivity contribution is 8.00. The zero-order valence-electron chi connectivity index (χ0n) is 26.4. The maximum atomic E-state index is 6.18. The van der Waals surface area contributed by atoms with Crippen molar-refractivity contribution in [2.75, 3.05) is 19.8 Å². The summed E-state index contributed by atoms with van der Waals surface area (Å²) in [6.07, 6.45) is 9.79. The van der Waals surface area contributed by atoms with Gasteiger partial charge in [-0.15, -0.1) is 35.3 Å². The average molecular weight is 639 g/mol. The highest BCUT2D eigenvalue weighted by Crippen LogP contribution is 2.30. The van der Waals surface area contributed by atoms with Crippen LogP contribution in [-0.2, 0) is 14.0 Å². The Morgan fingerprint density at radius 1 is 0.465 bits per heavy atom. The highest BCUT2D eigenvalue weighted by Gasteiger charge is 2.22. The molecule has 0 saturated carbocycles. The molecule has 0 amide bonds. The van der Waals surface area contributed by atoms with Crippen molar-refractivity contribution >= 4 is 42.6 Å². The SMILES string of the molecule is CCC(CCCOB(OCCCC(CC)Sc1ccccc1)OCCCC(CC)Sc1ccccc1)Sc1ccccc1. The minimum Gasteiger partial charge on any atom is -0.386 e. The van der Waals surface area contributed by atoms with E-state index in [1.807, 2.05) is 35.3 Å². The molecule has 0 aliphatic heterocycles. The van der Waals surface area contributed by atoms with Crippen molar-refractivity contribution in [3.63, 3.8) is 0 Å². The van der Waals surface area contributed by atoms with Crippen molar-refractivity contribution in [1.29, 1.82) is 0 Å². The monoisotopic (exact) mass is 638 g/mol. The maximum absolute atomic E-state index is 6.18. The summed E-state index contributed by atoms with van der Waals surface area (Å²) in [7, 11) is -0.592. The summed E-state index contributed by atoms with van der Waals surface area (Å²) in [5, 5.41) is 1.77. The van der Waals surface area contributed by atoms with Crippen LogP contribution in [0.4, 0.5) is 0 Å². The van der Waals surface area contributed by atoms with E-state index in [1.165, 1.54) is 14.7 Å². The summed E-state index contributed by atoms with van der Waals surface area (Å²) in [5.41, 5.74) is 0. The summed E-state index contributed by atoms with van der Waals surface area (Å²) in [5.74, 6) is 0. The average Bonchev–Trinajstić information content (AvgIpc) is 3.06. The van der Waals surface area contributed by atoms with E-state index in [4.69, 9.17) is 14.0 Å². The first-order chi connectivity index (χ1) is 21.2. The van der Waals surface area contributed by atoms with Gasteiger partial charge in [0.15, 0.2) is 0 Å². The molecule has 3 nitrogen and oxygen atoms in total. The molecule has 3 unspecified atom stereocenters. The molecule has 0 aliphatic carbocycles. The van der Waals surface area contributed by atoms with Crippen molar-refractivity contribution in [1.82, 2.24) is 0 Å². The molecule has 0 spiro atoms. The van der Waals surface area contributed by atoms with Crippen LogP contribution in [0.1, 0.15) is 78.6 Å². The lowest BCUT2D eigenvalue weighted by Crippen LogP contribution is -2.29. The fraction of sp³-hybridized carbons (Fsp3) is 0.500. The molecule has 3 aromatic rings. The second kappa shape index (κ2) is 23.1. The first-order valence-corrected chi connectivity index (χ1v) is 18.8. The van der Waals surface area contributed by atoms with Gasteiger partial charge in [-0.1, -0.05) is 75.4 Å². The van der Waals surface area contributed by atoms with Gasteiger partial charge < -0.3 is 14.0 Å². The van der Waals surface area contributed by atoms with Gasteiger partial charge in [0.25, 0.3) is 0 Å². The molecule has 3 atom stereocenters. The van der Waals surface area contributed by atoms with E-state index in [1.54, 1.807) is 0 Å². The van der Waals surface area contributed by atoms with Crippen LogP contribution in [0, 0.1) is 0 Å². The lowest BCUT2D eigenvalue weighted by atomic mass is 10.1. The van der Waals surface area contributed by atoms with E-state index in [2.05, 4.69) is 112 Å². The van der Waals surface area contributed by atoms with Gasteiger partial charge in [-0.05, 0) is 94.2 Å². The molecule has 0 fully saturated rings. The fourth-order valence-corrected chi connectivity index (χ4v) is 8.18. The normalized spacial score (nSPS) is 13.5. The van der Waals surface area contributed by atoms with Gasteiger partial charge in [0.05, 0.1) is 0 Å². The van der Waals surface area contributed by atoms with Gasteiger partial charge in [-0.2, -0.15) is 0 Å². The first kappa shape index (κ1) is 36.1. The maximum Gasteiger partial charge on any atom is 0.639 e. The second-order valence-electron chi connectivity index (χ2n) is 10.7. The molecule has 0 N–H and O–H groups in total. The molecule has 0 aliphatic rings. The standard InChI is InChI=1S/C36H51BO3S3/c1-4-31(41-34-19-10-7-11-20-34)25-16-28-38-37(39-29-17-26-32(5-2)42-35-21-12-8-13-22-35)40-30-18-27-33(6-3)43-36-23-14-9-15-24-36/h7-15,19-24,31-33H,4-6,16-18,25-30H2,1-3H3. The van der Waals surface area contributed by atoms with E-state index >= 15 is 0 Å². The van der Waals surface area contributed by atoms with Crippen LogP contribution in [0.15, 0.2) is 106 Å². The Morgan fingerprint density at radius 2 is 0.744 bits per heavy atom. The van der Waals surface area contributed by atoms with Gasteiger partial charge in [-0.3, -0.25) is 0 Å². The molecule has 3 aromatic carbocycles. The zero-order valence-corrected chi connectivity index (χ0v) is 28.9. The van der Waals surface area contributed by atoms with Gasteiger partial charge in [0, 0.05) is 50.3 Å². The Kier molecular flexibility index (Phi) is 19.4. The zero-order chi connectivity index (χ0) is 30.4. The van der Waals surface area contributed by atoms with Crippen molar-refractivity contribution in [3.8, 4) is 0 Å². The molecule has 0 radical (unpaired) electrons. The third kappa shape index (κ3) is 16.0. The number of hydrogen-bond acceptors (Lipinski definition) is 6. The highest BCUT2D eigenvalue weighted by atomic mass is 32.2. The molecule has 7 heteroatoms. The molecule has 43 heavy (non-hydrogen) atoms. The molecular weight excluding hydrogens is 587 g/mol.